The van der Waals surface area contributed by atoms with Gasteiger partial charge in [0.25, 0.3) is 0 Å². The molecule has 0 saturated heterocycles. The van der Waals surface area contributed by atoms with E-state index in [0.717, 1.165) is 0 Å². The van der Waals surface area contributed by atoms with Crippen molar-refractivity contribution in [3.63, 3.8) is 0 Å². The summed E-state index contributed by atoms with van der Waals surface area (Å²) < 4.78 is 0. The first-order valence-corrected chi connectivity index (χ1v) is 28.8. The van der Waals surface area contributed by atoms with E-state index in [9.17, 15) is 0 Å². The van der Waals surface area contributed by atoms with Crippen LogP contribution in [0.1, 0.15) is 136 Å². The number of benzene rings is 10. The molecule has 0 saturated carbocycles. The van der Waals surface area contributed by atoms with Gasteiger partial charge < -0.3 is 0 Å². The highest BCUT2D eigenvalue weighted by Crippen LogP contribution is 2.18. The molecule has 410 valence electrons. The highest BCUT2D eigenvalue weighted by Gasteiger charge is 1.93. The number of hydrogen-bond donors (Lipinski definition) is 0. The Kier molecular flexibility index (Phi) is 65.2. The van der Waals surface area contributed by atoms with Gasteiger partial charge in [-0.25, -0.2) is 0 Å². The molecule has 0 unspecified atom stereocenters. The van der Waals surface area contributed by atoms with Gasteiger partial charge >= 0.3 is 0 Å². The van der Waals surface area contributed by atoms with Gasteiger partial charge in [-0.2, -0.15) is 0 Å². The lowest BCUT2D eigenvalue weighted by Gasteiger charge is -1.98. The van der Waals surface area contributed by atoms with Crippen molar-refractivity contribution < 1.29 is 0 Å². The predicted octanol–water partition coefficient (Wildman–Crippen LogP) is 25.6. The van der Waals surface area contributed by atoms with Crippen LogP contribution in [0.25, 0.3) is 43.8 Å². The average Bonchev–Trinajstić information content (AvgIpc) is 3.55. The molecule has 0 spiro atoms. The summed E-state index contributed by atoms with van der Waals surface area (Å²) >= 11 is 0. The Balaban J connectivity index is -0.000000252. The van der Waals surface area contributed by atoms with Crippen molar-refractivity contribution in [3.05, 3.63) is 290 Å². The molecule has 0 bridgehead atoms. The molecular weight excluding hydrogens is 913 g/mol. The molecule has 0 aromatic heterocycles. The van der Waals surface area contributed by atoms with E-state index in [0.29, 0.717) is 0 Å². The second-order valence-corrected chi connectivity index (χ2v) is 13.5. The van der Waals surface area contributed by atoms with Crippen LogP contribution in [-0.4, -0.2) is 0 Å². The summed E-state index contributed by atoms with van der Waals surface area (Å²) in [6.07, 6.45) is 0. The molecule has 0 nitrogen and oxygen atoms in total. The summed E-state index contributed by atoms with van der Waals surface area (Å²) in [5.74, 6) is 0. The van der Waals surface area contributed by atoms with E-state index in [-0.39, 0.29) is 0 Å². The van der Waals surface area contributed by atoms with Gasteiger partial charge in [0.2, 0.25) is 0 Å². The zero-order valence-electron chi connectivity index (χ0n) is 51.6. The SMILES string of the molecule is CC.CC.CC.CC.CC.CC.CC.CC.CC.Cc1ccccc1.Cc1ccccc1.c1ccc(-c2ccccc2)cc1.c1ccc(-c2ccccc2)cc1.c1ccc2ccccc2c1.c1ccc2ccccc2c1. The molecule has 0 atom stereocenters. The van der Waals surface area contributed by atoms with Crippen molar-refractivity contribution in [1.29, 1.82) is 0 Å². The van der Waals surface area contributed by atoms with Crippen LogP contribution in [0.3, 0.4) is 0 Å². The molecule has 0 N–H and O–H groups in total. The number of fused-ring (bicyclic) bond motifs is 2. The van der Waals surface area contributed by atoms with Crippen LogP contribution in [0.4, 0.5) is 0 Å². The Morgan fingerprint density at radius 3 is 0.342 bits per heavy atom. The Bertz CT molecular complexity index is 2140. The lowest BCUT2D eigenvalue weighted by molar-refractivity contribution is 1.48. The maximum Gasteiger partial charge on any atom is -0.0184 e. The van der Waals surface area contributed by atoms with E-state index in [4.69, 9.17) is 0 Å². The second kappa shape index (κ2) is 63.8. The Morgan fingerprint density at radius 2 is 0.237 bits per heavy atom. The lowest BCUT2D eigenvalue weighted by Crippen LogP contribution is -1.73. The van der Waals surface area contributed by atoms with Crippen LogP contribution < -0.4 is 0 Å². The summed E-state index contributed by atoms with van der Waals surface area (Å²) in [5, 5.41) is 5.24. The van der Waals surface area contributed by atoms with Gasteiger partial charge in [0, 0.05) is 0 Å². The molecule has 10 aromatic carbocycles. The van der Waals surface area contributed by atoms with Gasteiger partial charge in [-0.3, -0.25) is 0 Å². The second-order valence-electron chi connectivity index (χ2n) is 13.5. The van der Waals surface area contributed by atoms with Gasteiger partial charge in [-0.05, 0) is 57.6 Å². The predicted molar refractivity (Wildman–Crippen MR) is 356 cm³/mol. The van der Waals surface area contributed by atoms with E-state index >= 15 is 0 Å². The van der Waals surface area contributed by atoms with Crippen molar-refractivity contribution >= 4 is 21.5 Å². The first kappa shape index (κ1) is 77.6. The molecule has 10 aromatic rings. The molecule has 0 aliphatic rings. The molecular formula is C76H106. The maximum absolute atomic E-state index is 2.12. The number of hydrogen-bond acceptors (Lipinski definition) is 0. The molecule has 0 aliphatic heterocycles. The minimum atomic E-state index is 1.28. The minimum Gasteiger partial charge on any atom is -0.0683 e. The van der Waals surface area contributed by atoms with Crippen LogP contribution in [0.5, 0.6) is 0 Å². The van der Waals surface area contributed by atoms with Crippen LogP contribution in [0.2, 0.25) is 0 Å². The van der Waals surface area contributed by atoms with Crippen LogP contribution in [-0.2, 0) is 0 Å². The number of rotatable bonds is 2. The fourth-order valence-corrected chi connectivity index (χ4v) is 5.86. The molecule has 76 heavy (non-hydrogen) atoms. The Hall–Kier alpha value is -7.28. The van der Waals surface area contributed by atoms with Crippen molar-refractivity contribution in [2.75, 3.05) is 0 Å². The summed E-state index contributed by atoms with van der Waals surface area (Å²) in [7, 11) is 0. The highest BCUT2D eigenvalue weighted by molar-refractivity contribution is 5.82. The maximum atomic E-state index is 2.12. The van der Waals surface area contributed by atoms with E-state index in [1.807, 2.05) is 185 Å². The standard InChI is InChI=1S/2C12H10.2C10H8.2C7H8.9C2H6/c2*1-3-7-11(8-4-1)12-9-5-2-6-10-12;2*1-2-6-10-8-4-3-7-9(10)5-1;2*1-7-5-3-2-4-6-7;9*1-2/h2*1-10H;2*1-8H;2*2-6H,1H3;9*1-2H3. The lowest BCUT2D eigenvalue weighted by atomic mass is 10.1. The van der Waals surface area contributed by atoms with E-state index in [1.165, 1.54) is 54.9 Å². The molecule has 10 rings (SSSR count). The summed E-state index contributed by atoms with van der Waals surface area (Å²) in [6.45, 7) is 40.2. The van der Waals surface area contributed by atoms with Gasteiger partial charge in [0.1, 0.15) is 0 Å². The van der Waals surface area contributed by atoms with Crippen LogP contribution in [0.15, 0.2) is 279 Å². The quantitative estimate of drug-likeness (QED) is 0.162. The number of aryl methyl sites for hydroxylation is 2. The minimum absolute atomic E-state index is 1.28. The zero-order chi connectivity index (χ0) is 58.3. The third kappa shape index (κ3) is 40.1. The molecule has 0 heteroatoms. The zero-order valence-corrected chi connectivity index (χ0v) is 51.6. The van der Waals surface area contributed by atoms with Gasteiger partial charge in [-0.15, -0.1) is 0 Å². The Labute approximate surface area is 470 Å². The first-order valence-electron chi connectivity index (χ1n) is 28.8. The van der Waals surface area contributed by atoms with Gasteiger partial charge in [0.15, 0.2) is 0 Å². The van der Waals surface area contributed by atoms with Crippen LogP contribution >= 0.6 is 0 Å². The first-order chi connectivity index (χ1) is 37.7. The molecule has 0 amide bonds. The fourth-order valence-electron chi connectivity index (χ4n) is 5.86. The Morgan fingerprint density at radius 1 is 0.132 bits per heavy atom. The fraction of sp³-hybridized carbons (Fsp3) is 0.263. The molecule has 0 radical (unpaired) electrons. The molecule has 0 aliphatic carbocycles. The van der Waals surface area contributed by atoms with E-state index in [2.05, 4.69) is 232 Å². The normalized spacial score (nSPS) is 8.00. The molecule has 0 heterocycles. The summed E-state index contributed by atoms with van der Waals surface area (Å²) in [4.78, 5) is 0. The van der Waals surface area contributed by atoms with Crippen molar-refractivity contribution in [2.45, 2.75) is 138 Å². The largest absolute Gasteiger partial charge is 0.0683 e. The average molecular weight is 1020 g/mol. The van der Waals surface area contributed by atoms with Crippen molar-refractivity contribution in [3.8, 4) is 22.3 Å². The van der Waals surface area contributed by atoms with E-state index < -0.39 is 0 Å². The smallest absolute Gasteiger partial charge is 0.0184 e. The van der Waals surface area contributed by atoms with Gasteiger partial charge in [-0.1, -0.05) is 415 Å². The van der Waals surface area contributed by atoms with Gasteiger partial charge in [0.05, 0.1) is 0 Å². The third-order valence-corrected chi connectivity index (χ3v) is 8.96. The summed E-state index contributed by atoms with van der Waals surface area (Å²) in [6, 6.07) is 95.5. The molecule has 0 fully saturated rings. The third-order valence-electron chi connectivity index (χ3n) is 8.96. The summed E-state index contributed by atoms with van der Waals surface area (Å²) in [5.41, 5.74) is 7.75. The van der Waals surface area contributed by atoms with E-state index in [1.54, 1.807) is 0 Å². The topological polar surface area (TPSA) is 0 Å². The highest BCUT2D eigenvalue weighted by atomic mass is 14.0. The van der Waals surface area contributed by atoms with Crippen LogP contribution in [0, 0.1) is 13.8 Å². The monoisotopic (exact) mass is 1020 g/mol. The van der Waals surface area contributed by atoms with Crippen molar-refractivity contribution in [2.24, 2.45) is 0 Å². The van der Waals surface area contributed by atoms with Crippen molar-refractivity contribution in [1.82, 2.24) is 0 Å².